The van der Waals surface area contributed by atoms with E-state index < -0.39 is 33.3 Å². The molecule has 128 valence electrons. The Balaban J connectivity index is 2.39. The van der Waals surface area contributed by atoms with Crippen molar-refractivity contribution in [1.29, 1.82) is 0 Å². The van der Waals surface area contributed by atoms with Crippen molar-refractivity contribution in [1.82, 2.24) is 4.31 Å². The number of aliphatic hydroxyl groups is 1. The second-order valence-electron chi connectivity index (χ2n) is 5.81. The minimum Gasteiger partial charge on any atom is -0.481 e. The molecule has 0 aliphatic carbocycles. The Morgan fingerprint density at radius 2 is 2.17 bits per heavy atom. The van der Waals surface area contributed by atoms with Crippen molar-refractivity contribution in [3.63, 3.8) is 0 Å². The van der Waals surface area contributed by atoms with Gasteiger partial charge >= 0.3 is 5.97 Å². The number of benzene rings is 1. The van der Waals surface area contributed by atoms with Crippen LogP contribution in [-0.2, 0) is 14.8 Å². The molecular weight excluding hydrogens is 325 g/mol. The molecule has 0 spiro atoms. The topological polar surface area (TPSA) is 94.9 Å². The van der Waals surface area contributed by atoms with Gasteiger partial charge in [0.2, 0.25) is 10.0 Å². The first-order valence-corrected chi connectivity index (χ1v) is 8.85. The van der Waals surface area contributed by atoms with E-state index >= 15 is 0 Å². The molecule has 0 bridgehead atoms. The molecule has 1 aromatic rings. The Labute approximate surface area is 134 Å². The fraction of sp³-hybridized carbons (Fsp3) is 0.533. The number of aliphatic carboxylic acids is 1. The number of carboxylic acid groups (broad SMARTS) is 1. The van der Waals surface area contributed by atoms with Crippen molar-refractivity contribution in [3.8, 4) is 0 Å². The lowest BCUT2D eigenvalue weighted by Gasteiger charge is -2.42. The molecule has 2 atom stereocenters. The van der Waals surface area contributed by atoms with Gasteiger partial charge < -0.3 is 10.2 Å². The van der Waals surface area contributed by atoms with Gasteiger partial charge in [0.25, 0.3) is 0 Å². The molecule has 1 heterocycles. The van der Waals surface area contributed by atoms with Crippen LogP contribution in [0.3, 0.4) is 0 Å². The van der Waals surface area contributed by atoms with Gasteiger partial charge in [0.1, 0.15) is 11.2 Å². The molecule has 0 saturated carbocycles. The van der Waals surface area contributed by atoms with Crippen molar-refractivity contribution in [2.75, 3.05) is 13.1 Å². The van der Waals surface area contributed by atoms with E-state index in [0.717, 1.165) is 16.4 Å². The fourth-order valence-corrected chi connectivity index (χ4v) is 4.59. The number of aliphatic hydroxyl groups excluding tert-OH is 1. The zero-order chi connectivity index (χ0) is 17.3. The van der Waals surface area contributed by atoms with E-state index in [0.29, 0.717) is 6.42 Å². The summed E-state index contributed by atoms with van der Waals surface area (Å²) in [5.41, 5.74) is -1.53. The Bertz CT molecular complexity index is 693. The Morgan fingerprint density at radius 3 is 2.74 bits per heavy atom. The number of rotatable bonds is 5. The first-order chi connectivity index (χ1) is 10.7. The highest BCUT2D eigenvalue weighted by molar-refractivity contribution is 7.89. The van der Waals surface area contributed by atoms with Crippen molar-refractivity contribution in [3.05, 3.63) is 30.1 Å². The maximum atomic E-state index is 13.3. The quantitative estimate of drug-likeness (QED) is 0.842. The van der Waals surface area contributed by atoms with Gasteiger partial charge in [-0.15, -0.1) is 0 Å². The van der Waals surface area contributed by atoms with Crippen LogP contribution in [0.5, 0.6) is 0 Å². The van der Waals surface area contributed by atoms with Gasteiger partial charge in [0, 0.05) is 13.1 Å². The average molecular weight is 345 g/mol. The molecule has 1 aliphatic heterocycles. The molecular formula is C15H20FNO5S. The van der Waals surface area contributed by atoms with Crippen molar-refractivity contribution in [2.45, 2.75) is 37.2 Å². The number of halogens is 1. The van der Waals surface area contributed by atoms with Crippen LogP contribution in [0.1, 0.15) is 26.2 Å². The molecule has 8 heteroatoms. The van der Waals surface area contributed by atoms with E-state index in [2.05, 4.69) is 0 Å². The Morgan fingerprint density at radius 1 is 1.48 bits per heavy atom. The first kappa shape index (κ1) is 17.8. The zero-order valence-electron chi connectivity index (χ0n) is 12.8. The monoisotopic (exact) mass is 345 g/mol. The standard InChI is InChI=1S/C15H20FNO5S/c1-2-7-15(14(19)20)10-17(8-6-13(15)18)23(21,22)12-5-3-4-11(16)9-12/h3-5,9,13,18H,2,6-8,10H2,1H3,(H,19,20)/t13-,15+/m1/s1. The molecule has 0 aromatic heterocycles. The highest BCUT2D eigenvalue weighted by Gasteiger charge is 2.50. The van der Waals surface area contributed by atoms with E-state index in [1.165, 1.54) is 12.1 Å². The van der Waals surface area contributed by atoms with Crippen LogP contribution in [0, 0.1) is 11.2 Å². The largest absolute Gasteiger partial charge is 0.481 e. The lowest BCUT2D eigenvalue weighted by atomic mass is 9.74. The molecule has 0 amide bonds. The molecule has 1 aliphatic rings. The van der Waals surface area contributed by atoms with Crippen molar-refractivity contribution >= 4 is 16.0 Å². The number of piperidine rings is 1. The van der Waals surface area contributed by atoms with E-state index in [4.69, 9.17) is 0 Å². The summed E-state index contributed by atoms with van der Waals surface area (Å²) >= 11 is 0. The van der Waals surface area contributed by atoms with Gasteiger partial charge in [0.05, 0.1) is 11.0 Å². The van der Waals surface area contributed by atoms with Gasteiger partial charge in [-0.05, 0) is 31.0 Å². The third kappa shape index (κ3) is 3.24. The summed E-state index contributed by atoms with van der Waals surface area (Å²) in [6.07, 6.45) is -0.421. The van der Waals surface area contributed by atoms with Gasteiger partial charge in [0.15, 0.2) is 0 Å². The number of hydrogen-bond acceptors (Lipinski definition) is 4. The summed E-state index contributed by atoms with van der Waals surface area (Å²) in [5, 5.41) is 19.7. The lowest BCUT2D eigenvalue weighted by molar-refractivity contribution is -0.161. The molecule has 2 rings (SSSR count). The average Bonchev–Trinajstić information content (AvgIpc) is 2.49. The number of nitrogens with zero attached hydrogens (tertiary/aromatic N) is 1. The Hall–Kier alpha value is -1.51. The van der Waals surface area contributed by atoms with Gasteiger partial charge in [-0.2, -0.15) is 4.31 Å². The summed E-state index contributed by atoms with van der Waals surface area (Å²) in [4.78, 5) is 11.5. The van der Waals surface area contributed by atoms with Gasteiger partial charge in [-0.3, -0.25) is 4.79 Å². The minimum absolute atomic E-state index is 0.00123. The fourth-order valence-electron chi connectivity index (χ4n) is 3.03. The molecule has 1 aromatic carbocycles. The van der Waals surface area contributed by atoms with Crippen LogP contribution < -0.4 is 0 Å². The lowest BCUT2D eigenvalue weighted by Crippen LogP contribution is -2.57. The normalized spacial score (nSPS) is 26.1. The van der Waals surface area contributed by atoms with E-state index in [-0.39, 0.29) is 30.8 Å². The minimum atomic E-state index is -4.01. The zero-order valence-corrected chi connectivity index (χ0v) is 13.6. The third-order valence-corrected chi connectivity index (χ3v) is 6.15. The second kappa shape index (κ2) is 6.54. The highest BCUT2D eigenvalue weighted by atomic mass is 32.2. The van der Waals surface area contributed by atoms with Crippen LogP contribution in [0.4, 0.5) is 4.39 Å². The molecule has 2 N–H and O–H groups in total. The first-order valence-electron chi connectivity index (χ1n) is 7.41. The van der Waals surface area contributed by atoms with Gasteiger partial charge in [-0.1, -0.05) is 19.4 Å². The van der Waals surface area contributed by atoms with Crippen LogP contribution >= 0.6 is 0 Å². The van der Waals surface area contributed by atoms with Crippen molar-refractivity contribution < 1.29 is 27.8 Å². The summed E-state index contributed by atoms with van der Waals surface area (Å²) in [5.74, 6) is -1.90. The molecule has 1 saturated heterocycles. The predicted octanol–water partition coefficient (Wildman–Crippen LogP) is 1.45. The summed E-state index contributed by atoms with van der Waals surface area (Å²) in [6, 6.07) is 4.60. The summed E-state index contributed by atoms with van der Waals surface area (Å²) in [7, 11) is -4.01. The van der Waals surface area contributed by atoms with Crippen LogP contribution in [0.2, 0.25) is 0 Å². The predicted molar refractivity (Wildman–Crippen MR) is 80.8 cm³/mol. The van der Waals surface area contributed by atoms with Gasteiger partial charge in [-0.25, -0.2) is 12.8 Å². The summed E-state index contributed by atoms with van der Waals surface area (Å²) < 4.78 is 39.6. The van der Waals surface area contributed by atoms with E-state index in [9.17, 15) is 27.8 Å². The smallest absolute Gasteiger partial charge is 0.313 e. The number of sulfonamides is 1. The Kier molecular flexibility index (Phi) is 5.07. The van der Waals surface area contributed by atoms with Crippen molar-refractivity contribution in [2.24, 2.45) is 5.41 Å². The molecule has 1 fully saturated rings. The second-order valence-corrected chi connectivity index (χ2v) is 7.75. The molecule has 6 nitrogen and oxygen atoms in total. The molecule has 0 unspecified atom stereocenters. The highest BCUT2D eigenvalue weighted by Crippen LogP contribution is 2.37. The number of carbonyl (C=O) groups is 1. The maximum Gasteiger partial charge on any atom is 0.313 e. The SMILES string of the molecule is CCC[C@]1(C(=O)O)CN(S(=O)(=O)c2cccc(F)c2)CC[C@H]1O. The third-order valence-electron chi connectivity index (χ3n) is 4.30. The molecule has 0 radical (unpaired) electrons. The number of hydrogen-bond donors (Lipinski definition) is 2. The van der Waals surface area contributed by atoms with Crippen LogP contribution in [0.25, 0.3) is 0 Å². The number of carboxylic acids is 1. The van der Waals surface area contributed by atoms with E-state index in [1.807, 2.05) is 0 Å². The maximum absolute atomic E-state index is 13.3. The van der Waals surface area contributed by atoms with Crippen LogP contribution in [-0.4, -0.2) is 48.1 Å². The van der Waals surface area contributed by atoms with E-state index in [1.54, 1.807) is 6.92 Å². The van der Waals surface area contributed by atoms with Crippen LogP contribution in [0.15, 0.2) is 29.2 Å². The molecule has 23 heavy (non-hydrogen) atoms. The summed E-state index contributed by atoms with van der Waals surface area (Å²) in [6.45, 7) is 1.45.